The molecule has 1 aromatic carbocycles. The summed E-state index contributed by atoms with van der Waals surface area (Å²) in [5, 5.41) is 2.90. The van der Waals surface area contributed by atoms with E-state index in [1.54, 1.807) is 13.1 Å². The largest absolute Gasteiger partial charge is 0.481 e. The fourth-order valence-corrected chi connectivity index (χ4v) is 1.26. The van der Waals surface area contributed by atoms with Gasteiger partial charge in [0.25, 0.3) is 5.91 Å². The first-order chi connectivity index (χ1) is 7.52. The van der Waals surface area contributed by atoms with E-state index in [0.29, 0.717) is 12.3 Å². The van der Waals surface area contributed by atoms with Gasteiger partial charge in [-0.15, -0.1) is 0 Å². The van der Waals surface area contributed by atoms with E-state index in [-0.39, 0.29) is 0 Å². The zero-order valence-electron chi connectivity index (χ0n) is 9.29. The zero-order chi connectivity index (χ0) is 12.1. The molecular formula is C11H15FN2O2. The Kier molecular flexibility index (Phi) is 4.25. The van der Waals surface area contributed by atoms with Crippen molar-refractivity contribution in [3.05, 3.63) is 29.6 Å². The number of nitrogens with two attached hydrogens (primary N) is 1. The van der Waals surface area contributed by atoms with Crippen molar-refractivity contribution in [3.63, 3.8) is 0 Å². The second-order valence-electron chi connectivity index (χ2n) is 3.49. The zero-order valence-corrected chi connectivity index (χ0v) is 9.29. The SMILES string of the molecule is CNCc1cc(F)cc(OC(C)C(N)=O)c1. The van der Waals surface area contributed by atoms with Gasteiger partial charge in [-0.1, -0.05) is 0 Å². The van der Waals surface area contributed by atoms with Crippen molar-refractivity contribution in [1.82, 2.24) is 5.32 Å². The number of halogens is 1. The summed E-state index contributed by atoms with van der Waals surface area (Å²) < 4.78 is 18.4. The smallest absolute Gasteiger partial charge is 0.258 e. The van der Waals surface area contributed by atoms with Gasteiger partial charge < -0.3 is 15.8 Å². The van der Waals surface area contributed by atoms with Crippen molar-refractivity contribution in [2.24, 2.45) is 5.73 Å². The number of rotatable bonds is 5. The Bertz CT molecular complexity index is 382. The number of carbonyl (C=O) groups excluding carboxylic acids is 1. The average molecular weight is 226 g/mol. The van der Waals surface area contributed by atoms with Crippen LogP contribution in [0.5, 0.6) is 5.75 Å². The third-order valence-electron chi connectivity index (χ3n) is 2.03. The van der Waals surface area contributed by atoms with Crippen molar-refractivity contribution >= 4 is 5.91 Å². The first-order valence-corrected chi connectivity index (χ1v) is 4.93. The third-order valence-corrected chi connectivity index (χ3v) is 2.03. The summed E-state index contributed by atoms with van der Waals surface area (Å²) in [5.41, 5.74) is 5.79. The number of nitrogens with one attached hydrogen (secondary N) is 1. The van der Waals surface area contributed by atoms with Crippen LogP contribution in [-0.2, 0) is 11.3 Å². The Morgan fingerprint density at radius 1 is 1.56 bits per heavy atom. The molecule has 1 amide bonds. The molecule has 1 aromatic rings. The molecule has 1 unspecified atom stereocenters. The van der Waals surface area contributed by atoms with Crippen LogP contribution in [0, 0.1) is 5.82 Å². The van der Waals surface area contributed by atoms with Crippen LogP contribution in [0.4, 0.5) is 4.39 Å². The quantitative estimate of drug-likeness (QED) is 0.780. The van der Waals surface area contributed by atoms with Crippen LogP contribution >= 0.6 is 0 Å². The van der Waals surface area contributed by atoms with Crippen molar-refractivity contribution < 1.29 is 13.9 Å². The lowest BCUT2D eigenvalue weighted by Crippen LogP contribution is -2.30. The van der Waals surface area contributed by atoms with Gasteiger partial charge in [0.1, 0.15) is 11.6 Å². The molecule has 16 heavy (non-hydrogen) atoms. The average Bonchev–Trinajstić information content (AvgIpc) is 2.16. The topological polar surface area (TPSA) is 64.3 Å². The number of benzene rings is 1. The summed E-state index contributed by atoms with van der Waals surface area (Å²) in [7, 11) is 1.76. The summed E-state index contributed by atoms with van der Waals surface area (Å²) in [5.74, 6) is -0.685. The van der Waals surface area contributed by atoms with Gasteiger partial charge in [0.05, 0.1) is 0 Å². The molecule has 0 bridgehead atoms. The summed E-state index contributed by atoms with van der Waals surface area (Å²) in [6.07, 6.45) is -0.774. The molecule has 0 radical (unpaired) electrons. The van der Waals surface area contributed by atoms with Gasteiger partial charge in [-0.05, 0) is 31.7 Å². The standard InChI is InChI=1S/C11H15FN2O2/c1-7(11(13)15)16-10-4-8(6-14-2)3-9(12)5-10/h3-5,7,14H,6H2,1-2H3,(H2,13,15). The van der Waals surface area contributed by atoms with E-state index < -0.39 is 17.8 Å². The summed E-state index contributed by atoms with van der Waals surface area (Å²) in [6, 6.07) is 4.29. The van der Waals surface area contributed by atoms with Crippen molar-refractivity contribution in [2.75, 3.05) is 7.05 Å². The molecular weight excluding hydrogens is 211 g/mol. The van der Waals surface area contributed by atoms with Gasteiger partial charge in [0.15, 0.2) is 6.10 Å². The first-order valence-electron chi connectivity index (χ1n) is 4.93. The van der Waals surface area contributed by atoms with Crippen molar-refractivity contribution in [2.45, 2.75) is 19.6 Å². The highest BCUT2D eigenvalue weighted by Crippen LogP contribution is 2.17. The number of hydrogen-bond acceptors (Lipinski definition) is 3. The minimum absolute atomic E-state index is 0.302. The van der Waals surface area contributed by atoms with E-state index >= 15 is 0 Å². The Balaban J connectivity index is 2.83. The lowest BCUT2D eigenvalue weighted by atomic mass is 10.2. The molecule has 1 rings (SSSR count). The maximum atomic E-state index is 13.2. The van der Waals surface area contributed by atoms with E-state index in [1.165, 1.54) is 19.1 Å². The lowest BCUT2D eigenvalue weighted by molar-refractivity contribution is -0.123. The Labute approximate surface area is 93.6 Å². The maximum absolute atomic E-state index is 13.2. The second-order valence-corrected chi connectivity index (χ2v) is 3.49. The van der Waals surface area contributed by atoms with Crippen LogP contribution in [0.1, 0.15) is 12.5 Å². The highest BCUT2D eigenvalue weighted by molar-refractivity contribution is 5.78. The van der Waals surface area contributed by atoms with Gasteiger partial charge in [0, 0.05) is 12.6 Å². The molecule has 0 saturated carbocycles. The van der Waals surface area contributed by atoms with E-state index in [9.17, 15) is 9.18 Å². The van der Waals surface area contributed by atoms with Gasteiger partial charge in [-0.2, -0.15) is 0 Å². The molecule has 0 aliphatic rings. The Morgan fingerprint density at radius 3 is 2.81 bits per heavy atom. The minimum Gasteiger partial charge on any atom is -0.481 e. The lowest BCUT2D eigenvalue weighted by Gasteiger charge is -2.12. The van der Waals surface area contributed by atoms with E-state index in [4.69, 9.17) is 10.5 Å². The molecule has 4 nitrogen and oxygen atoms in total. The molecule has 0 aliphatic carbocycles. The second kappa shape index (κ2) is 5.46. The highest BCUT2D eigenvalue weighted by Gasteiger charge is 2.11. The van der Waals surface area contributed by atoms with Crippen molar-refractivity contribution in [1.29, 1.82) is 0 Å². The number of carbonyl (C=O) groups is 1. The molecule has 0 heterocycles. The predicted octanol–water partition coefficient (Wildman–Crippen LogP) is 0.798. The number of hydrogen-bond donors (Lipinski definition) is 2. The number of amides is 1. The molecule has 1 atom stereocenters. The molecule has 0 spiro atoms. The third kappa shape index (κ3) is 3.51. The Morgan fingerprint density at radius 2 is 2.25 bits per heavy atom. The van der Waals surface area contributed by atoms with Crippen LogP contribution in [0.25, 0.3) is 0 Å². The van der Waals surface area contributed by atoms with E-state index in [0.717, 1.165) is 5.56 Å². The fraction of sp³-hybridized carbons (Fsp3) is 0.364. The molecule has 0 aromatic heterocycles. The summed E-state index contributed by atoms with van der Waals surface area (Å²) >= 11 is 0. The van der Waals surface area contributed by atoms with Crippen LogP contribution in [0.15, 0.2) is 18.2 Å². The van der Waals surface area contributed by atoms with Crippen LogP contribution in [0.2, 0.25) is 0 Å². The molecule has 3 N–H and O–H groups in total. The van der Waals surface area contributed by atoms with Gasteiger partial charge in [0.2, 0.25) is 0 Å². The monoisotopic (exact) mass is 226 g/mol. The highest BCUT2D eigenvalue weighted by atomic mass is 19.1. The van der Waals surface area contributed by atoms with Crippen molar-refractivity contribution in [3.8, 4) is 5.75 Å². The minimum atomic E-state index is -0.774. The van der Waals surface area contributed by atoms with Crippen LogP contribution in [0.3, 0.4) is 0 Å². The predicted molar refractivity (Wildman–Crippen MR) is 58.4 cm³/mol. The van der Waals surface area contributed by atoms with Crippen LogP contribution in [-0.4, -0.2) is 19.1 Å². The number of ether oxygens (including phenoxy) is 1. The molecule has 5 heteroatoms. The van der Waals surface area contributed by atoms with Gasteiger partial charge in [-0.25, -0.2) is 4.39 Å². The number of primary amides is 1. The van der Waals surface area contributed by atoms with Gasteiger partial charge in [-0.3, -0.25) is 4.79 Å². The van der Waals surface area contributed by atoms with E-state index in [2.05, 4.69) is 5.32 Å². The molecule has 88 valence electrons. The summed E-state index contributed by atoms with van der Waals surface area (Å²) in [6.45, 7) is 2.05. The molecule has 0 fully saturated rings. The Hall–Kier alpha value is -1.62. The van der Waals surface area contributed by atoms with Gasteiger partial charge >= 0.3 is 0 Å². The maximum Gasteiger partial charge on any atom is 0.258 e. The normalized spacial score (nSPS) is 12.2. The molecule has 0 saturated heterocycles. The molecule has 0 aliphatic heterocycles. The van der Waals surface area contributed by atoms with E-state index in [1.807, 2.05) is 0 Å². The summed E-state index contributed by atoms with van der Waals surface area (Å²) in [4.78, 5) is 10.8. The fourth-order valence-electron chi connectivity index (χ4n) is 1.26. The van der Waals surface area contributed by atoms with Crippen LogP contribution < -0.4 is 15.8 Å². The first kappa shape index (κ1) is 12.4.